The Balaban J connectivity index is 2.20. The quantitative estimate of drug-likeness (QED) is 0.705. The van der Waals surface area contributed by atoms with Crippen molar-refractivity contribution >= 4 is 10.0 Å². The van der Waals surface area contributed by atoms with E-state index in [0.29, 0.717) is 17.2 Å². The van der Waals surface area contributed by atoms with Gasteiger partial charge in [-0.2, -0.15) is 5.10 Å². The Morgan fingerprint density at radius 2 is 2.29 bits per heavy atom. The Bertz CT molecular complexity index is 508. The minimum absolute atomic E-state index is 0.0410. The normalized spacial score (nSPS) is 23.9. The highest BCUT2D eigenvalue weighted by Gasteiger charge is 2.39. The number of nitrogens with two attached hydrogens (primary N) is 1. The number of aromatic amines is 1. The maximum absolute atomic E-state index is 12.1. The molecule has 1 aliphatic rings. The average Bonchev–Trinajstić information content (AvgIpc) is 2.89. The maximum Gasteiger partial charge on any atom is 0.260 e. The molecule has 1 aliphatic carbocycles. The van der Waals surface area contributed by atoms with Gasteiger partial charge < -0.3 is 5.73 Å². The van der Waals surface area contributed by atoms with Gasteiger partial charge in [-0.25, -0.2) is 13.1 Å². The average molecular weight is 258 g/mol. The Kier molecular flexibility index (Phi) is 3.24. The number of hydrogen-bond donors (Lipinski definition) is 3. The molecule has 1 heterocycles. The third-order valence-corrected chi connectivity index (χ3v) is 4.71. The van der Waals surface area contributed by atoms with Gasteiger partial charge in [0.15, 0.2) is 5.03 Å². The van der Waals surface area contributed by atoms with Gasteiger partial charge in [0, 0.05) is 23.8 Å². The lowest BCUT2D eigenvalue weighted by Crippen LogP contribution is -2.28. The molecule has 0 aliphatic heterocycles. The molecule has 17 heavy (non-hydrogen) atoms. The van der Waals surface area contributed by atoms with E-state index in [1.165, 1.54) is 0 Å². The first-order chi connectivity index (χ1) is 7.99. The molecular formula is C10H18N4O2S. The highest BCUT2D eigenvalue weighted by Crippen LogP contribution is 2.34. The molecule has 1 fully saturated rings. The monoisotopic (exact) mass is 258 g/mol. The van der Waals surface area contributed by atoms with Crippen LogP contribution >= 0.6 is 0 Å². The molecule has 0 bridgehead atoms. The molecule has 2 rings (SSSR count). The van der Waals surface area contributed by atoms with Gasteiger partial charge in [0.25, 0.3) is 10.0 Å². The molecule has 1 aromatic heterocycles. The Hall–Kier alpha value is -0.920. The van der Waals surface area contributed by atoms with Gasteiger partial charge in [0.1, 0.15) is 0 Å². The lowest BCUT2D eigenvalue weighted by Gasteiger charge is -2.05. The van der Waals surface area contributed by atoms with Crippen molar-refractivity contribution in [2.24, 2.45) is 11.7 Å². The zero-order chi connectivity index (χ0) is 12.6. The molecule has 96 valence electrons. The summed E-state index contributed by atoms with van der Waals surface area (Å²) in [5, 5.41) is 6.54. The van der Waals surface area contributed by atoms with Crippen molar-refractivity contribution in [3.05, 3.63) is 11.3 Å². The fourth-order valence-electron chi connectivity index (χ4n) is 1.99. The molecule has 0 radical (unpaired) electrons. The zero-order valence-corrected chi connectivity index (χ0v) is 10.8. The fourth-order valence-corrected chi connectivity index (χ4v) is 3.52. The molecule has 1 saturated carbocycles. The molecule has 0 saturated heterocycles. The van der Waals surface area contributed by atoms with E-state index in [9.17, 15) is 8.42 Å². The number of nitrogens with one attached hydrogen (secondary N) is 2. The third kappa shape index (κ3) is 2.36. The second kappa shape index (κ2) is 4.40. The van der Waals surface area contributed by atoms with E-state index in [4.69, 9.17) is 5.73 Å². The summed E-state index contributed by atoms with van der Waals surface area (Å²) >= 11 is 0. The van der Waals surface area contributed by atoms with Crippen LogP contribution in [0.3, 0.4) is 0 Å². The van der Waals surface area contributed by atoms with E-state index in [-0.39, 0.29) is 17.6 Å². The number of H-pyrrole nitrogens is 1. The zero-order valence-electron chi connectivity index (χ0n) is 10.0. The van der Waals surface area contributed by atoms with Gasteiger partial charge in [-0.3, -0.25) is 5.10 Å². The van der Waals surface area contributed by atoms with E-state index < -0.39 is 10.0 Å². The molecule has 1 aromatic rings. The van der Waals surface area contributed by atoms with Gasteiger partial charge in [-0.1, -0.05) is 13.3 Å². The van der Waals surface area contributed by atoms with Gasteiger partial charge >= 0.3 is 0 Å². The van der Waals surface area contributed by atoms with Gasteiger partial charge in [0.2, 0.25) is 0 Å². The molecule has 0 amide bonds. The summed E-state index contributed by atoms with van der Waals surface area (Å²) in [6, 6.07) is 0.0626. The van der Waals surface area contributed by atoms with Crippen molar-refractivity contribution in [2.75, 3.05) is 0 Å². The van der Waals surface area contributed by atoms with Crippen molar-refractivity contribution in [1.29, 1.82) is 0 Å². The van der Waals surface area contributed by atoms with Crippen LogP contribution in [-0.2, 0) is 16.6 Å². The number of aryl methyl sites for hydroxylation is 1. The Labute approximate surface area is 101 Å². The van der Waals surface area contributed by atoms with Crippen LogP contribution < -0.4 is 10.5 Å². The van der Waals surface area contributed by atoms with Crippen molar-refractivity contribution < 1.29 is 8.42 Å². The van der Waals surface area contributed by atoms with Crippen LogP contribution in [0.5, 0.6) is 0 Å². The summed E-state index contributed by atoms with van der Waals surface area (Å²) in [4.78, 5) is 0. The van der Waals surface area contributed by atoms with Crippen LogP contribution in [0, 0.1) is 12.8 Å². The summed E-state index contributed by atoms with van der Waals surface area (Å²) in [5.41, 5.74) is 6.81. The van der Waals surface area contributed by atoms with E-state index in [1.807, 2.05) is 0 Å². The highest BCUT2D eigenvalue weighted by molar-refractivity contribution is 7.89. The summed E-state index contributed by atoms with van der Waals surface area (Å²) in [7, 11) is -3.53. The standard InChI is InChI=1S/C10H18N4O2S/c1-3-7-4-9(7)14-17(15,16)10-8(5-11)6(2)12-13-10/h7,9,14H,3-5,11H2,1-2H3,(H,12,13). The molecule has 6 nitrogen and oxygen atoms in total. The minimum atomic E-state index is -3.53. The van der Waals surface area contributed by atoms with Crippen molar-refractivity contribution in [1.82, 2.24) is 14.9 Å². The lowest BCUT2D eigenvalue weighted by atomic mass is 10.3. The summed E-state index contributed by atoms with van der Waals surface area (Å²) in [6.45, 7) is 3.99. The maximum atomic E-state index is 12.1. The SMILES string of the molecule is CCC1CC1NS(=O)(=O)c1n[nH]c(C)c1CN. The largest absolute Gasteiger partial charge is 0.326 e. The first-order valence-electron chi connectivity index (χ1n) is 5.75. The van der Waals surface area contributed by atoms with E-state index in [2.05, 4.69) is 21.8 Å². The molecule has 2 atom stereocenters. The predicted molar refractivity (Wildman–Crippen MR) is 63.7 cm³/mol. The Morgan fingerprint density at radius 3 is 2.82 bits per heavy atom. The predicted octanol–water partition coefficient (Wildman–Crippen LogP) is 0.254. The number of hydrogen-bond acceptors (Lipinski definition) is 4. The van der Waals surface area contributed by atoms with E-state index in [0.717, 1.165) is 12.8 Å². The topological polar surface area (TPSA) is 101 Å². The van der Waals surface area contributed by atoms with Crippen LogP contribution in [0.15, 0.2) is 5.03 Å². The molecule has 0 spiro atoms. The summed E-state index contributed by atoms with van der Waals surface area (Å²) in [5.74, 6) is 0.464. The molecule has 2 unspecified atom stereocenters. The van der Waals surface area contributed by atoms with E-state index >= 15 is 0 Å². The van der Waals surface area contributed by atoms with Crippen molar-refractivity contribution in [3.8, 4) is 0 Å². The Morgan fingerprint density at radius 1 is 1.59 bits per heavy atom. The van der Waals surface area contributed by atoms with Crippen LogP contribution in [-0.4, -0.2) is 24.7 Å². The fraction of sp³-hybridized carbons (Fsp3) is 0.700. The minimum Gasteiger partial charge on any atom is -0.326 e. The number of nitrogens with zero attached hydrogens (tertiary/aromatic N) is 1. The summed E-state index contributed by atoms with van der Waals surface area (Å²) in [6.07, 6.45) is 1.91. The lowest BCUT2D eigenvalue weighted by molar-refractivity contribution is 0.570. The van der Waals surface area contributed by atoms with Crippen molar-refractivity contribution in [3.63, 3.8) is 0 Å². The van der Waals surface area contributed by atoms with Crippen LogP contribution in [0.1, 0.15) is 31.0 Å². The molecule has 0 aromatic carbocycles. The molecule has 4 N–H and O–H groups in total. The smallest absolute Gasteiger partial charge is 0.260 e. The number of rotatable bonds is 5. The second-order valence-corrected chi connectivity index (χ2v) is 6.10. The van der Waals surface area contributed by atoms with Crippen LogP contribution in [0.4, 0.5) is 0 Å². The van der Waals surface area contributed by atoms with Gasteiger partial charge in [0.05, 0.1) is 0 Å². The second-order valence-electron chi connectivity index (χ2n) is 4.47. The van der Waals surface area contributed by atoms with Gasteiger partial charge in [-0.05, 0) is 19.3 Å². The molecule has 7 heteroatoms. The first-order valence-corrected chi connectivity index (χ1v) is 7.24. The van der Waals surface area contributed by atoms with Gasteiger partial charge in [-0.15, -0.1) is 0 Å². The third-order valence-electron chi connectivity index (χ3n) is 3.25. The van der Waals surface area contributed by atoms with E-state index in [1.54, 1.807) is 6.92 Å². The first kappa shape index (κ1) is 12.5. The van der Waals surface area contributed by atoms with Crippen LogP contribution in [0.2, 0.25) is 0 Å². The van der Waals surface area contributed by atoms with Crippen LogP contribution in [0.25, 0.3) is 0 Å². The molecular weight excluding hydrogens is 240 g/mol. The summed E-state index contributed by atoms with van der Waals surface area (Å²) < 4.78 is 26.8. The highest BCUT2D eigenvalue weighted by atomic mass is 32.2. The number of aromatic nitrogens is 2. The van der Waals surface area contributed by atoms with Crippen molar-refractivity contribution in [2.45, 2.75) is 44.3 Å². The number of sulfonamides is 1.